The smallest absolute Gasteiger partial charge is 0.744 e. The van der Waals surface area contributed by atoms with E-state index in [4.69, 9.17) is 15.1 Å². The Morgan fingerprint density at radius 2 is 0.849 bits per heavy atom. The maximum Gasteiger partial charge on any atom is 2.00 e. The van der Waals surface area contributed by atoms with Gasteiger partial charge in [-0.15, -0.1) is 0 Å². The number of sulfonamides is 1. The molecular formula is C32H17CuN9O8S3. The third-order valence-electron chi connectivity index (χ3n) is 8.52. The molecule has 0 aliphatic carbocycles. The van der Waals surface area contributed by atoms with E-state index in [0.29, 0.717) is 45.0 Å². The number of nitrogens with two attached hydrogens (primary N) is 1. The van der Waals surface area contributed by atoms with Gasteiger partial charge >= 0.3 is 17.1 Å². The van der Waals surface area contributed by atoms with E-state index in [-0.39, 0.29) is 46.0 Å². The number of hydrogen-bond acceptors (Lipinski definition) is 14. The Morgan fingerprint density at radius 1 is 0.491 bits per heavy atom. The number of aromatic nitrogens is 8. The molecule has 3 aromatic heterocycles. The summed E-state index contributed by atoms with van der Waals surface area (Å²) in [6.45, 7) is 0. The Balaban J connectivity index is 0.00000400. The monoisotopic (exact) mass is 814 g/mol. The molecule has 1 radical (unpaired) electrons. The van der Waals surface area contributed by atoms with Gasteiger partial charge in [-0.25, -0.2) is 60.3 Å². The number of hydrogen-bond donors (Lipinski definition) is 3. The molecule has 8 bridgehead atoms. The van der Waals surface area contributed by atoms with Crippen LogP contribution in [0.3, 0.4) is 0 Å². The first-order chi connectivity index (χ1) is 24.7. The largest absolute Gasteiger partial charge is 2.00 e. The minimum Gasteiger partial charge on any atom is -0.744 e. The Kier molecular flexibility index (Phi) is 7.66. The Hall–Kier alpha value is -5.51. The SMILES string of the molecule is NS(=O)(=O)c1cc2c3nc4nc(nc5[nH]c(nc6nc(nc([nH]3)c2c(S(=O)(=O)[O-])c1S(=O)(=O)[O-])-c1ccccc1-6)c1ccccc51)-c1ccccc1-4.[Cu+2]. The second-order valence-corrected chi connectivity index (χ2v) is 15.8. The minimum atomic E-state index is -5.99. The van der Waals surface area contributed by atoms with Gasteiger partial charge in [0.1, 0.15) is 47.7 Å². The van der Waals surface area contributed by atoms with Crippen LogP contribution in [0.25, 0.3) is 89.7 Å². The van der Waals surface area contributed by atoms with Crippen molar-refractivity contribution in [3.8, 4) is 45.6 Å². The van der Waals surface area contributed by atoms with Gasteiger partial charge in [0, 0.05) is 43.8 Å². The maximum atomic E-state index is 12.9. The first-order valence-corrected chi connectivity index (χ1v) is 19.3. The van der Waals surface area contributed by atoms with Gasteiger partial charge in [0.05, 0.1) is 9.79 Å². The normalized spacial score (nSPS) is 12.7. The summed E-state index contributed by atoms with van der Waals surface area (Å²) in [7, 11) is -17.1. The van der Waals surface area contributed by atoms with Crippen molar-refractivity contribution >= 4 is 74.4 Å². The molecule has 0 amide bonds. The molecule has 4 aromatic carbocycles. The van der Waals surface area contributed by atoms with Crippen molar-refractivity contribution in [2.45, 2.75) is 14.7 Å². The molecule has 0 atom stereocenters. The third kappa shape index (κ3) is 5.49. The molecule has 2 aliphatic heterocycles. The van der Waals surface area contributed by atoms with E-state index >= 15 is 0 Å². The molecule has 9 rings (SSSR count). The Bertz CT molecular complexity index is 3300. The fourth-order valence-corrected chi connectivity index (χ4v) is 9.81. The molecule has 53 heavy (non-hydrogen) atoms. The molecule has 267 valence electrons. The van der Waals surface area contributed by atoms with E-state index in [0.717, 1.165) is 5.39 Å². The zero-order chi connectivity index (χ0) is 36.3. The van der Waals surface area contributed by atoms with Crippen LogP contribution in [0.2, 0.25) is 0 Å². The van der Waals surface area contributed by atoms with E-state index < -0.39 is 61.4 Å². The van der Waals surface area contributed by atoms with Crippen molar-refractivity contribution in [3.63, 3.8) is 0 Å². The number of fused-ring (bicyclic) bond motifs is 20. The second-order valence-electron chi connectivity index (χ2n) is 11.7. The third-order valence-corrected chi connectivity index (χ3v) is 11.5. The fourth-order valence-electron chi connectivity index (χ4n) is 6.41. The number of primary sulfonamides is 1. The van der Waals surface area contributed by atoms with Gasteiger partial charge in [0.2, 0.25) is 10.0 Å². The van der Waals surface area contributed by atoms with E-state index in [9.17, 15) is 34.4 Å². The van der Waals surface area contributed by atoms with Gasteiger partial charge in [-0.05, 0) is 6.07 Å². The summed E-state index contributed by atoms with van der Waals surface area (Å²) in [6.07, 6.45) is 0. The van der Waals surface area contributed by atoms with Crippen LogP contribution in [0.5, 0.6) is 0 Å². The molecule has 0 saturated heterocycles. The zero-order valence-electron chi connectivity index (χ0n) is 26.1. The number of nitrogens with one attached hydrogen (secondary N) is 2. The van der Waals surface area contributed by atoms with E-state index in [1.165, 1.54) is 0 Å². The van der Waals surface area contributed by atoms with Crippen LogP contribution in [-0.2, 0) is 47.3 Å². The molecule has 0 spiro atoms. The fraction of sp³-hybridized carbons (Fsp3) is 0. The topological polar surface area (TPSA) is 283 Å². The zero-order valence-corrected chi connectivity index (χ0v) is 29.4. The van der Waals surface area contributed by atoms with Crippen LogP contribution in [0, 0.1) is 0 Å². The van der Waals surface area contributed by atoms with Crippen LogP contribution in [0.15, 0.2) is 93.5 Å². The van der Waals surface area contributed by atoms with Crippen molar-refractivity contribution in [1.82, 2.24) is 39.9 Å². The van der Waals surface area contributed by atoms with Crippen LogP contribution in [0.1, 0.15) is 0 Å². The number of H-pyrrole nitrogens is 2. The molecule has 4 N–H and O–H groups in total. The molecule has 5 heterocycles. The number of rotatable bonds is 3. The standard InChI is InChI=1S/C32H19N9O8S3.Cu/c33-50(42,43)21-13-20-22(24(52(47,48)49)23(21)51(44,45)46)32-40-30-19-12-6-5-11-18(19)28(38-30)36-26-15-8-2-1-7-14(15)25(34-26)35-27-16-9-3-4-10-17(16)29(37-27)39-31(20)41-32;/h1-13H,(H2,33,42,43)(H,44,45,46)(H,47,48,49)(H2,34,35,36,37,38,39,40,41);/q;+2/p-2. The molecular weight excluding hydrogens is 798 g/mol. The number of nitrogens with zero attached hydrogens (tertiary/aromatic N) is 6. The molecule has 2 aliphatic rings. The molecule has 17 nitrogen and oxygen atoms in total. The molecule has 0 fully saturated rings. The summed E-state index contributed by atoms with van der Waals surface area (Å²) in [5.41, 5.74) is 1.92. The second kappa shape index (κ2) is 11.7. The van der Waals surface area contributed by atoms with Gasteiger partial charge in [-0.2, -0.15) is 0 Å². The van der Waals surface area contributed by atoms with Crippen molar-refractivity contribution < 1.29 is 51.4 Å². The number of aromatic amines is 2. The quantitative estimate of drug-likeness (QED) is 0.170. The van der Waals surface area contributed by atoms with E-state index in [1.54, 1.807) is 48.5 Å². The van der Waals surface area contributed by atoms with E-state index in [1.807, 2.05) is 24.3 Å². The molecule has 7 aromatic rings. The first-order valence-electron chi connectivity index (χ1n) is 14.9. The average molecular weight is 815 g/mol. The average Bonchev–Trinajstić information content (AvgIpc) is 3.82. The van der Waals surface area contributed by atoms with Gasteiger partial charge < -0.3 is 19.1 Å². The molecule has 0 unspecified atom stereocenters. The number of benzene rings is 4. The summed E-state index contributed by atoms with van der Waals surface area (Å²) < 4.78 is 102. The van der Waals surface area contributed by atoms with Crippen molar-refractivity contribution in [1.29, 1.82) is 0 Å². The summed E-state index contributed by atoms with van der Waals surface area (Å²) in [5, 5.41) is 5.56. The summed E-state index contributed by atoms with van der Waals surface area (Å²) >= 11 is 0. The van der Waals surface area contributed by atoms with Gasteiger partial charge in [0.15, 0.2) is 23.3 Å². The predicted molar refractivity (Wildman–Crippen MR) is 183 cm³/mol. The van der Waals surface area contributed by atoms with Gasteiger partial charge in [-0.1, -0.05) is 72.8 Å². The minimum absolute atomic E-state index is 0. The van der Waals surface area contributed by atoms with Crippen molar-refractivity contribution in [2.24, 2.45) is 5.14 Å². The Labute approximate surface area is 308 Å². The first kappa shape index (κ1) is 34.6. The molecule has 0 saturated carbocycles. The van der Waals surface area contributed by atoms with Crippen LogP contribution in [0.4, 0.5) is 0 Å². The van der Waals surface area contributed by atoms with Crippen LogP contribution in [-0.4, -0.2) is 74.2 Å². The van der Waals surface area contributed by atoms with Gasteiger partial charge in [-0.3, -0.25) is 0 Å². The Morgan fingerprint density at radius 3 is 1.25 bits per heavy atom. The van der Waals surface area contributed by atoms with Crippen LogP contribution < -0.4 is 5.14 Å². The van der Waals surface area contributed by atoms with E-state index in [2.05, 4.69) is 29.9 Å². The van der Waals surface area contributed by atoms with Gasteiger partial charge in [0.25, 0.3) is 0 Å². The van der Waals surface area contributed by atoms with Crippen LogP contribution >= 0.6 is 0 Å². The predicted octanol–water partition coefficient (Wildman–Crippen LogP) is 3.32. The maximum absolute atomic E-state index is 12.9. The summed E-state index contributed by atoms with van der Waals surface area (Å²) in [5.74, 6) is 0.344. The van der Waals surface area contributed by atoms with Crippen molar-refractivity contribution in [2.75, 3.05) is 0 Å². The summed E-state index contributed by atoms with van der Waals surface area (Å²) in [6, 6.07) is 21.7. The summed E-state index contributed by atoms with van der Waals surface area (Å²) in [4.78, 5) is 29.1. The van der Waals surface area contributed by atoms with Crippen molar-refractivity contribution in [3.05, 3.63) is 78.9 Å². The molecule has 21 heteroatoms.